The molecule has 3 heterocycles. The zero-order valence-electron chi connectivity index (χ0n) is 24.8. The van der Waals surface area contributed by atoms with Crippen LogP contribution in [0.2, 0.25) is 0 Å². The van der Waals surface area contributed by atoms with Crippen LogP contribution in [-0.4, -0.2) is 36.9 Å². The summed E-state index contributed by atoms with van der Waals surface area (Å²) in [6.45, 7) is 14.0. The monoisotopic (exact) mass is 575 g/mol. The summed E-state index contributed by atoms with van der Waals surface area (Å²) in [6.07, 6.45) is 4.87. The van der Waals surface area contributed by atoms with E-state index in [0.717, 1.165) is 38.9 Å². The minimum Gasteiger partial charge on any atom is -0.344 e. The predicted molar refractivity (Wildman–Crippen MR) is 167 cm³/mol. The van der Waals surface area contributed by atoms with Crippen LogP contribution in [0.3, 0.4) is 0 Å². The van der Waals surface area contributed by atoms with E-state index >= 15 is 0 Å². The first-order chi connectivity index (χ1) is 20.5. The molecule has 2 aromatic carbocycles. The molecule has 0 fully saturated rings. The first-order valence-corrected chi connectivity index (χ1v) is 13.8. The number of aromatic nitrogens is 5. The zero-order valence-corrected chi connectivity index (χ0v) is 24.8. The fourth-order valence-electron chi connectivity index (χ4n) is 4.57. The molecule has 43 heavy (non-hydrogen) atoms. The van der Waals surface area contributed by atoms with Crippen LogP contribution in [-0.2, 0) is 16.8 Å². The van der Waals surface area contributed by atoms with Gasteiger partial charge >= 0.3 is 11.8 Å². The van der Waals surface area contributed by atoms with E-state index in [9.17, 15) is 9.59 Å². The van der Waals surface area contributed by atoms with Crippen LogP contribution >= 0.6 is 0 Å². The van der Waals surface area contributed by atoms with Crippen molar-refractivity contribution in [3.63, 3.8) is 0 Å². The average Bonchev–Trinajstić information content (AvgIpc) is 3.64. The van der Waals surface area contributed by atoms with Crippen molar-refractivity contribution in [3.8, 4) is 22.5 Å². The fraction of sp³-hybridized carbons (Fsp3) is 0.212. The molecule has 3 aromatic heterocycles. The molecule has 5 aromatic rings. The van der Waals surface area contributed by atoms with Gasteiger partial charge in [0.25, 0.3) is 0 Å². The number of imidazole rings is 1. The van der Waals surface area contributed by atoms with Gasteiger partial charge in [0.2, 0.25) is 5.91 Å². The Morgan fingerprint density at radius 1 is 1.07 bits per heavy atom. The second-order valence-electron chi connectivity index (χ2n) is 11.2. The summed E-state index contributed by atoms with van der Waals surface area (Å²) in [5.74, 6) is 0.317. The minimum absolute atomic E-state index is 0.0735. The first-order valence-electron chi connectivity index (χ1n) is 13.8. The molecular weight excluding hydrogens is 542 g/mol. The minimum atomic E-state index is -0.442. The molecule has 5 rings (SSSR count). The van der Waals surface area contributed by atoms with E-state index in [1.807, 2.05) is 76.2 Å². The van der Waals surface area contributed by atoms with Crippen molar-refractivity contribution >= 4 is 34.2 Å². The number of benzene rings is 2. The number of nitrogens with zero attached hydrogens (tertiary/aromatic N) is 4. The Labute approximate surface area is 249 Å². The number of hydrogen-bond donors (Lipinski definition) is 3. The number of nitrogens with one attached hydrogen (secondary N) is 3. The molecule has 0 spiro atoms. The SMILES string of the molecule is C=C(C)c1cc(-c2ccnc3nc(-c4ccccc4NC(=O)/C=C/C)[nH]c23)ccc1CNC(=O)c1nc(C(C)(C)C)no1. The van der Waals surface area contributed by atoms with Gasteiger partial charge in [0, 0.05) is 29.3 Å². The van der Waals surface area contributed by atoms with Crippen molar-refractivity contribution in [2.45, 2.75) is 46.6 Å². The van der Waals surface area contributed by atoms with E-state index in [2.05, 4.69) is 37.3 Å². The third-order valence-corrected chi connectivity index (χ3v) is 6.76. The van der Waals surface area contributed by atoms with Gasteiger partial charge in [0.1, 0.15) is 5.82 Å². The number of rotatable bonds is 8. The Kier molecular flexibility index (Phi) is 8.03. The molecule has 0 saturated heterocycles. The summed E-state index contributed by atoms with van der Waals surface area (Å²) < 4.78 is 5.18. The van der Waals surface area contributed by atoms with Gasteiger partial charge in [-0.3, -0.25) is 9.59 Å². The highest BCUT2D eigenvalue weighted by Crippen LogP contribution is 2.33. The van der Waals surface area contributed by atoms with Crippen LogP contribution in [0.5, 0.6) is 0 Å². The lowest BCUT2D eigenvalue weighted by Crippen LogP contribution is -2.24. The lowest BCUT2D eigenvalue weighted by atomic mass is 9.95. The van der Waals surface area contributed by atoms with Gasteiger partial charge in [-0.25, -0.2) is 9.97 Å². The Hall–Kier alpha value is -5.38. The third-order valence-electron chi connectivity index (χ3n) is 6.76. The zero-order chi connectivity index (χ0) is 30.7. The molecule has 0 aliphatic rings. The van der Waals surface area contributed by atoms with Crippen LogP contribution < -0.4 is 10.6 Å². The van der Waals surface area contributed by atoms with Crippen molar-refractivity contribution in [1.82, 2.24) is 30.4 Å². The van der Waals surface area contributed by atoms with Crippen molar-refractivity contribution in [3.05, 3.63) is 96.3 Å². The smallest absolute Gasteiger partial charge is 0.315 e. The van der Waals surface area contributed by atoms with Crippen LogP contribution in [0.15, 0.2) is 78.0 Å². The number of hydrogen-bond acceptors (Lipinski definition) is 7. The number of anilines is 1. The summed E-state index contributed by atoms with van der Waals surface area (Å²) in [4.78, 5) is 41.8. The van der Waals surface area contributed by atoms with Crippen LogP contribution in [0.4, 0.5) is 5.69 Å². The number of aromatic amines is 1. The highest BCUT2D eigenvalue weighted by atomic mass is 16.5. The quantitative estimate of drug-likeness (QED) is 0.181. The number of para-hydroxylation sites is 1. The van der Waals surface area contributed by atoms with Crippen LogP contribution in [0.25, 0.3) is 39.3 Å². The van der Waals surface area contributed by atoms with E-state index in [4.69, 9.17) is 9.51 Å². The van der Waals surface area contributed by atoms with Crippen molar-refractivity contribution in [1.29, 1.82) is 0 Å². The second-order valence-corrected chi connectivity index (χ2v) is 11.2. The Morgan fingerprint density at radius 2 is 1.86 bits per heavy atom. The average molecular weight is 576 g/mol. The van der Waals surface area contributed by atoms with Gasteiger partial charge in [0.05, 0.1) is 11.2 Å². The molecule has 218 valence electrons. The van der Waals surface area contributed by atoms with Crippen molar-refractivity contribution < 1.29 is 14.1 Å². The number of H-pyrrole nitrogens is 1. The lowest BCUT2D eigenvalue weighted by molar-refractivity contribution is -0.111. The topological polar surface area (TPSA) is 139 Å². The standard InChI is InChI=1S/C33H33N7O3/c1-7-10-26(41)36-25-12-9-8-11-23(25)28-37-27-22(15-16-34-29(27)38-28)20-13-14-21(24(17-20)19(2)3)18-35-30(42)31-39-32(40-43-31)33(4,5)6/h7-17H,2,18H2,1,3-6H3,(H,35,42)(H,36,41)(H,34,37,38)/b10-7+. The second kappa shape index (κ2) is 11.8. The number of allylic oxidation sites excluding steroid dienone is 2. The molecule has 0 unspecified atom stereocenters. The van der Waals surface area contributed by atoms with Gasteiger partial charge in [0.15, 0.2) is 11.5 Å². The molecule has 0 bridgehead atoms. The Bertz CT molecular complexity index is 1870. The van der Waals surface area contributed by atoms with E-state index in [-0.39, 0.29) is 23.8 Å². The molecule has 0 atom stereocenters. The molecular formula is C33H33N7O3. The summed E-state index contributed by atoms with van der Waals surface area (Å²) in [5, 5.41) is 9.71. The van der Waals surface area contributed by atoms with E-state index in [1.165, 1.54) is 6.08 Å². The highest BCUT2D eigenvalue weighted by molar-refractivity contribution is 6.02. The highest BCUT2D eigenvalue weighted by Gasteiger charge is 2.24. The van der Waals surface area contributed by atoms with Crippen LogP contribution in [0.1, 0.15) is 62.3 Å². The van der Waals surface area contributed by atoms with Crippen LogP contribution in [0, 0.1) is 0 Å². The van der Waals surface area contributed by atoms with E-state index in [1.54, 1.807) is 19.2 Å². The van der Waals surface area contributed by atoms with E-state index in [0.29, 0.717) is 23.0 Å². The summed E-state index contributed by atoms with van der Waals surface area (Å²) in [7, 11) is 0. The van der Waals surface area contributed by atoms with Gasteiger partial charge in [-0.05, 0) is 60.9 Å². The predicted octanol–water partition coefficient (Wildman–Crippen LogP) is 6.45. The molecule has 10 heteroatoms. The molecule has 0 radical (unpaired) electrons. The number of carbonyl (C=O) groups excluding carboxylic acids is 2. The lowest BCUT2D eigenvalue weighted by Gasteiger charge is -2.13. The van der Waals surface area contributed by atoms with Crippen molar-refractivity contribution in [2.75, 3.05) is 5.32 Å². The largest absolute Gasteiger partial charge is 0.344 e. The van der Waals surface area contributed by atoms with Gasteiger partial charge in [-0.2, -0.15) is 4.98 Å². The number of fused-ring (bicyclic) bond motifs is 1. The number of carbonyl (C=O) groups is 2. The molecule has 0 aliphatic carbocycles. The summed E-state index contributed by atoms with van der Waals surface area (Å²) in [6, 6.07) is 15.4. The van der Waals surface area contributed by atoms with Gasteiger partial charge < -0.3 is 20.1 Å². The Balaban J connectivity index is 1.44. The fourth-order valence-corrected chi connectivity index (χ4v) is 4.57. The first kappa shape index (κ1) is 29.1. The maximum atomic E-state index is 12.7. The molecule has 3 N–H and O–H groups in total. The normalized spacial score (nSPS) is 11.7. The molecule has 2 amide bonds. The maximum absolute atomic E-state index is 12.7. The number of amides is 2. The summed E-state index contributed by atoms with van der Waals surface area (Å²) in [5.41, 5.74) is 6.82. The number of pyridine rings is 1. The van der Waals surface area contributed by atoms with Gasteiger partial charge in [-0.15, -0.1) is 0 Å². The Morgan fingerprint density at radius 3 is 2.58 bits per heavy atom. The van der Waals surface area contributed by atoms with E-state index < -0.39 is 5.91 Å². The van der Waals surface area contributed by atoms with Crippen molar-refractivity contribution in [2.24, 2.45) is 0 Å². The summed E-state index contributed by atoms with van der Waals surface area (Å²) >= 11 is 0. The third kappa shape index (κ3) is 6.28. The molecule has 0 saturated carbocycles. The molecule has 10 nitrogen and oxygen atoms in total. The van der Waals surface area contributed by atoms with Gasteiger partial charge in [-0.1, -0.05) is 68.4 Å². The maximum Gasteiger partial charge on any atom is 0.315 e. The molecule has 0 aliphatic heterocycles.